The van der Waals surface area contributed by atoms with Crippen molar-refractivity contribution < 1.29 is 19.1 Å². The molecule has 5 rings (SSSR count). The van der Waals surface area contributed by atoms with Crippen LogP contribution in [0.5, 0.6) is 5.75 Å². The lowest BCUT2D eigenvalue weighted by Gasteiger charge is -2.31. The number of fused-ring (bicyclic) bond motifs is 1. The molecule has 0 aromatic heterocycles. The smallest absolute Gasteiger partial charge is 0.243 e. The number of nitrogens with one attached hydrogen (secondary N) is 1. The summed E-state index contributed by atoms with van der Waals surface area (Å²) in [7, 11) is 1.63. The third-order valence-electron chi connectivity index (χ3n) is 7.96. The van der Waals surface area contributed by atoms with Gasteiger partial charge in [-0.2, -0.15) is 11.8 Å². The molecule has 0 radical (unpaired) electrons. The number of nitrogens with zero attached hydrogens (tertiary/aromatic N) is 2. The Morgan fingerprint density at radius 2 is 1.74 bits per heavy atom. The lowest BCUT2D eigenvalue weighted by molar-refractivity contribution is -0.136. The number of hydrogen-bond donors (Lipinski definition) is 1. The number of ether oxygens (including phenoxy) is 1. The number of likely N-dealkylation sites (tertiary alicyclic amines) is 1. The fraction of sp³-hybridized carbons (Fsp3) is 0.364. The van der Waals surface area contributed by atoms with Crippen molar-refractivity contribution in [3.05, 3.63) is 100 Å². The van der Waals surface area contributed by atoms with Crippen molar-refractivity contribution >= 4 is 41.1 Å². The summed E-state index contributed by atoms with van der Waals surface area (Å²) in [5.74, 6) is 1.12. The van der Waals surface area contributed by atoms with Gasteiger partial charge >= 0.3 is 0 Å². The van der Waals surface area contributed by atoms with Crippen LogP contribution in [0, 0.1) is 5.92 Å². The topological polar surface area (TPSA) is 79.0 Å². The molecule has 2 heterocycles. The first-order valence-electron chi connectivity index (χ1n) is 14.3. The molecule has 3 amide bonds. The van der Waals surface area contributed by atoms with E-state index in [0.717, 1.165) is 28.9 Å². The summed E-state index contributed by atoms with van der Waals surface area (Å²) in [5.41, 5.74) is 4.60. The third kappa shape index (κ3) is 7.47. The van der Waals surface area contributed by atoms with Crippen LogP contribution in [0.3, 0.4) is 0 Å². The van der Waals surface area contributed by atoms with Gasteiger partial charge in [-0.25, -0.2) is 0 Å². The van der Waals surface area contributed by atoms with Crippen LogP contribution >= 0.6 is 23.4 Å². The number of rotatable bonds is 11. The predicted octanol–water partition coefficient (Wildman–Crippen LogP) is 4.74. The van der Waals surface area contributed by atoms with Gasteiger partial charge in [-0.05, 0) is 59.4 Å². The largest absolute Gasteiger partial charge is 0.497 e. The van der Waals surface area contributed by atoms with Crippen molar-refractivity contribution in [2.24, 2.45) is 5.92 Å². The minimum atomic E-state index is -0.661. The Kier molecular flexibility index (Phi) is 10.1. The monoisotopic (exact) mass is 605 g/mol. The molecule has 1 unspecified atom stereocenters. The van der Waals surface area contributed by atoms with E-state index in [9.17, 15) is 14.4 Å². The maximum absolute atomic E-state index is 13.5. The standard InChI is InChI=1S/C33H36ClN3O4S/c1-41-29-12-8-24(9-13-29)21-42-22-30(32(39)35-16-14-23-6-10-28(34)11-7-23)37-20-27(18-31(37)38)33(40)36-17-15-25-4-2-3-5-26(25)19-36/h2-13,27,30H,14-22H2,1H3,(H,35,39)/t27?,30-/m0/s1. The fourth-order valence-corrected chi connectivity index (χ4v) is 6.78. The summed E-state index contributed by atoms with van der Waals surface area (Å²) in [6.45, 7) is 1.91. The van der Waals surface area contributed by atoms with Gasteiger partial charge in [0, 0.05) is 49.1 Å². The zero-order chi connectivity index (χ0) is 29.5. The van der Waals surface area contributed by atoms with E-state index in [2.05, 4.69) is 17.4 Å². The van der Waals surface area contributed by atoms with Crippen molar-refractivity contribution in [3.8, 4) is 5.75 Å². The number of methoxy groups -OCH3 is 1. The molecule has 220 valence electrons. The molecule has 2 aliphatic heterocycles. The van der Waals surface area contributed by atoms with Gasteiger partial charge < -0.3 is 19.9 Å². The summed E-state index contributed by atoms with van der Waals surface area (Å²) in [4.78, 5) is 43.8. The highest BCUT2D eigenvalue weighted by molar-refractivity contribution is 7.98. The first-order chi connectivity index (χ1) is 20.4. The molecule has 0 spiro atoms. The zero-order valence-corrected chi connectivity index (χ0v) is 25.3. The second-order valence-corrected chi connectivity index (χ2v) is 12.2. The van der Waals surface area contributed by atoms with Gasteiger partial charge in [0.2, 0.25) is 17.7 Å². The molecule has 2 atom stereocenters. The van der Waals surface area contributed by atoms with E-state index in [4.69, 9.17) is 16.3 Å². The average molecular weight is 606 g/mol. The Hall–Kier alpha value is -3.49. The third-order valence-corrected chi connectivity index (χ3v) is 9.30. The molecule has 3 aromatic carbocycles. The van der Waals surface area contributed by atoms with Crippen LogP contribution < -0.4 is 10.1 Å². The molecule has 0 aliphatic carbocycles. The molecule has 2 aliphatic rings. The molecule has 7 nitrogen and oxygen atoms in total. The first-order valence-corrected chi connectivity index (χ1v) is 15.8. The van der Waals surface area contributed by atoms with E-state index in [1.54, 1.807) is 23.8 Å². The van der Waals surface area contributed by atoms with Crippen molar-refractivity contribution in [2.45, 2.75) is 37.6 Å². The molecule has 1 saturated heterocycles. The van der Waals surface area contributed by atoms with E-state index >= 15 is 0 Å². The molecular weight excluding hydrogens is 570 g/mol. The van der Waals surface area contributed by atoms with Gasteiger partial charge in [-0.3, -0.25) is 14.4 Å². The highest BCUT2D eigenvalue weighted by Crippen LogP contribution is 2.28. The molecule has 3 aromatic rings. The maximum Gasteiger partial charge on any atom is 0.243 e. The summed E-state index contributed by atoms with van der Waals surface area (Å²) in [6, 6.07) is 22.9. The lowest BCUT2D eigenvalue weighted by Crippen LogP contribution is -2.50. The molecule has 42 heavy (non-hydrogen) atoms. The lowest BCUT2D eigenvalue weighted by atomic mass is 9.98. The molecule has 1 N–H and O–H groups in total. The number of thioether (sulfide) groups is 1. The van der Waals surface area contributed by atoms with Gasteiger partial charge in [0.1, 0.15) is 11.8 Å². The van der Waals surface area contributed by atoms with Crippen molar-refractivity contribution in [1.29, 1.82) is 0 Å². The number of benzene rings is 3. The van der Waals surface area contributed by atoms with Crippen LogP contribution in [0.25, 0.3) is 0 Å². The molecule has 0 saturated carbocycles. The van der Waals surface area contributed by atoms with Crippen LogP contribution in [0.15, 0.2) is 72.8 Å². The van der Waals surface area contributed by atoms with Crippen molar-refractivity contribution in [2.75, 3.05) is 32.5 Å². The zero-order valence-electron chi connectivity index (χ0n) is 23.8. The molecule has 0 bridgehead atoms. The van der Waals surface area contributed by atoms with Gasteiger partial charge in [0.15, 0.2) is 0 Å². The normalized spacial score (nSPS) is 17.1. The summed E-state index contributed by atoms with van der Waals surface area (Å²) < 4.78 is 5.25. The number of amides is 3. The minimum absolute atomic E-state index is 0.00636. The Bertz CT molecular complexity index is 1400. The van der Waals surface area contributed by atoms with E-state index in [0.29, 0.717) is 42.6 Å². The SMILES string of the molecule is COc1ccc(CSC[C@@H](C(=O)NCCc2ccc(Cl)cc2)N2CC(C(=O)N3CCc4ccccc4C3)CC2=O)cc1. The second-order valence-electron chi connectivity index (χ2n) is 10.8. The fourth-order valence-electron chi connectivity index (χ4n) is 5.56. The van der Waals surface area contributed by atoms with Crippen LogP contribution in [0.1, 0.15) is 28.7 Å². The van der Waals surface area contributed by atoms with Crippen molar-refractivity contribution in [3.63, 3.8) is 0 Å². The summed E-state index contributed by atoms with van der Waals surface area (Å²) in [6.07, 6.45) is 1.60. The Morgan fingerprint density at radius 1 is 1.02 bits per heavy atom. The van der Waals surface area contributed by atoms with Crippen LogP contribution in [0.2, 0.25) is 5.02 Å². The highest BCUT2D eigenvalue weighted by atomic mass is 35.5. The predicted molar refractivity (Wildman–Crippen MR) is 166 cm³/mol. The van der Waals surface area contributed by atoms with E-state index in [-0.39, 0.29) is 30.7 Å². The van der Waals surface area contributed by atoms with Crippen LogP contribution in [0.4, 0.5) is 0 Å². The summed E-state index contributed by atoms with van der Waals surface area (Å²) in [5, 5.41) is 3.70. The Labute approximate surface area is 256 Å². The Morgan fingerprint density at radius 3 is 2.48 bits per heavy atom. The van der Waals surface area contributed by atoms with Gasteiger partial charge in [0.05, 0.1) is 13.0 Å². The first kappa shape index (κ1) is 30.0. The number of hydrogen-bond acceptors (Lipinski definition) is 5. The van der Waals surface area contributed by atoms with E-state index in [1.165, 1.54) is 5.56 Å². The molecule has 9 heteroatoms. The average Bonchev–Trinajstić information content (AvgIpc) is 3.40. The number of halogens is 1. The number of carbonyl (C=O) groups excluding carboxylic acids is 3. The van der Waals surface area contributed by atoms with Gasteiger partial charge in [0.25, 0.3) is 0 Å². The molecule has 1 fully saturated rings. The quantitative estimate of drug-likeness (QED) is 0.342. The second kappa shape index (κ2) is 14.1. The highest BCUT2D eigenvalue weighted by Gasteiger charge is 2.42. The van der Waals surface area contributed by atoms with Crippen molar-refractivity contribution in [1.82, 2.24) is 15.1 Å². The van der Waals surface area contributed by atoms with E-state index in [1.807, 2.05) is 65.6 Å². The molecular formula is C33H36ClN3O4S. The van der Waals surface area contributed by atoms with Gasteiger partial charge in [-0.15, -0.1) is 0 Å². The summed E-state index contributed by atoms with van der Waals surface area (Å²) >= 11 is 7.60. The van der Waals surface area contributed by atoms with Gasteiger partial charge in [-0.1, -0.05) is 60.1 Å². The number of carbonyl (C=O) groups is 3. The maximum atomic E-state index is 13.5. The van der Waals surface area contributed by atoms with Crippen LogP contribution in [-0.2, 0) is 39.5 Å². The minimum Gasteiger partial charge on any atom is -0.497 e. The Balaban J connectivity index is 1.23. The van der Waals surface area contributed by atoms with E-state index < -0.39 is 12.0 Å². The van der Waals surface area contributed by atoms with Crippen LogP contribution in [-0.4, -0.2) is 66.1 Å².